The van der Waals surface area contributed by atoms with Gasteiger partial charge in [-0.1, -0.05) is 36.4 Å². The Morgan fingerprint density at radius 2 is 1.10 bits per heavy atom. The van der Waals surface area contributed by atoms with Crippen LogP contribution in [-0.4, -0.2) is 41.1 Å². The van der Waals surface area contributed by atoms with Crippen molar-refractivity contribution in [3.8, 4) is 22.3 Å². The number of aromatic nitrogens is 3. The number of hydrogen-bond acceptors (Lipinski definition) is 4. The first-order valence-electron chi connectivity index (χ1n) is 9.69. The molecule has 3 heterocycles. The van der Waals surface area contributed by atoms with Gasteiger partial charge in [-0.25, -0.2) is 9.59 Å². The molecule has 0 aliphatic heterocycles. The average Bonchev–Trinajstić information content (AvgIpc) is 3.52. The number of methoxy groups -OCH3 is 2. The maximum atomic E-state index is 12.8. The van der Waals surface area contributed by atoms with Gasteiger partial charge in [0.05, 0.1) is 14.2 Å². The van der Waals surface area contributed by atoms with Gasteiger partial charge in [-0.3, -0.25) is 0 Å². The van der Waals surface area contributed by atoms with Crippen molar-refractivity contribution in [2.24, 2.45) is 0 Å². The van der Waals surface area contributed by atoms with E-state index in [1.54, 1.807) is 0 Å². The molecule has 0 atom stereocenters. The molecule has 0 fully saturated rings. The molecule has 0 amide bonds. The second-order valence-electron chi connectivity index (χ2n) is 7.10. The molecule has 2 aromatic carbocycles. The van der Waals surface area contributed by atoms with E-state index in [1.165, 1.54) is 14.2 Å². The Balaban J connectivity index is 1.93. The van der Waals surface area contributed by atoms with Crippen LogP contribution in [-0.2, 0) is 9.47 Å². The van der Waals surface area contributed by atoms with Gasteiger partial charge in [0.1, 0.15) is 11.4 Å². The molecule has 7 nitrogen and oxygen atoms in total. The van der Waals surface area contributed by atoms with Gasteiger partial charge < -0.3 is 24.4 Å². The lowest BCUT2D eigenvalue weighted by Gasteiger charge is -2.07. The number of ether oxygens (including phenoxy) is 2. The van der Waals surface area contributed by atoms with Crippen molar-refractivity contribution < 1.29 is 19.1 Å². The Hall–Kier alpha value is -4.26. The second-order valence-corrected chi connectivity index (χ2v) is 7.10. The minimum Gasteiger partial charge on any atom is -0.464 e. The summed E-state index contributed by atoms with van der Waals surface area (Å²) in [7, 11) is 2.62. The first kappa shape index (κ1) is 18.7. The lowest BCUT2D eigenvalue weighted by molar-refractivity contribution is 0.0591. The third-order valence-corrected chi connectivity index (χ3v) is 5.50. The summed E-state index contributed by atoms with van der Waals surface area (Å²) < 4.78 is 10.1. The predicted octanol–water partition coefficient (Wildman–Crippen LogP) is 4.88. The highest BCUT2D eigenvalue weighted by Crippen LogP contribution is 2.43. The predicted molar refractivity (Wildman–Crippen MR) is 118 cm³/mol. The van der Waals surface area contributed by atoms with Crippen LogP contribution in [0.15, 0.2) is 60.9 Å². The first-order valence-corrected chi connectivity index (χ1v) is 9.69. The van der Waals surface area contributed by atoms with Crippen LogP contribution in [0.4, 0.5) is 0 Å². The van der Waals surface area contributed by atoms with Gasteiger partial charge >= 0.3 is 11.9 Å². The minimum absolute atomic E-state index is 0.188. The summed E-state index contributed by atoms with van der Waals surface area (Å²) in [6.07, 6.45) is 3.67. The Bertz CT molecular complexity index is 1350. The zero-order chi connectivity index (χ0) is 21.5. The Morgan fingerprint density at radius 1 is 0.677 bits per heavy atom. The van der Waals surface area contributed by atoms with Gasteiger partial charge in [-0.05, 0) is 12.1 Å². The van der Waals surface area contributed by atoms with E-state index in [2.05, 4.69) is 15.0 Å². The number of H-pyrrole nitrogens is 3. The first-order chi connectivity index (χ1) is 15.1. The summed E-state index contributed by atoms with van der Waals surface area (Å²) in [4.78, 5) is 35.0. The maximum absolute atomic E-state index is 12.8. The molecule has 0 aliphatic carbocycles. The number of rotatable bonds is 4. The lowest BCUT2D eigenvalue weighted by atomic mass is 9.94. The van der Waals surface area contributed by atoms with Crippen LogP contribution >= 0.6 is 0 Å². The monoisotopic (exact) mass is 413 g/mol. The van der Waals surface area contributed by atoms with Crippen molar-refractivity contribution in [1.82, 2.24) is 15.0 Å². The molecule has 0 radical (unpaired) electrons. The normalized spacial score (nSPS) is 11.2. The van der Waals surface area contributed by atoms with E-state index < -0.39 is 11.9 Å². The van der Waals surface area contributed by atoms with Crippen molar-refractivity contribution in [2.75, 3.05) is 14.2 Å². The topological polar surface area (TPSA) is 100.0 Å². The van der Waals surface area contributed by atoms with Crippen molar-refractivity contribution in [3.05, 3.63) is 72.3 Å². The van der Waals surface area contributed by atoms with E-state index in [0.29, 0.717) is 11.1 Å². The Labute approximate surface area is 177 Å². The molecule has 0 spiro atoms. The van der Waals surface area contributed by atoms with Crippen molar-refractivity contribution in [2.45, 2.75) is 0 Å². The molecule has 154 valence electrons. The van der Waals surface area contributed by atoms with Crippen molar-refractivity contribution in [3.63, 3.8) is 0 Å². The summed E-state index contributed by atoms with van der Waals surface area (Å²) in [5.41, 5.74) is 4.92. The molecule has 31 heavy (non-hydrogen) atoms. The highest BCUT2D eigenvalue weighted by Gasteiger charge is 2.30. The van der Waals surface area contributed by atoms with Crippen LogP contribution in [0.5, 0.6) is 0 Å². The molecule has 5 aromatic rings. The summed E-state index contributed by atoms with van der Waals surface area (Å²) in [6.45, 7) is 0. The van der Waals surface area contributed by atoms with Crippen molar-refractivity contribution >= 4 is 33.7 Å². The zero-order valence-electron chi connectivity index (χ0n) is 16.9. The SMILES string of the molecule is COC(=O)c1[nH]c(C(=O)OC)c(-c2c[nH]c3ccccc23)c1-c1c[nH]c2ccccc12. The number of hydrogen-bond donors (Lipinski definition) is 3. The number of fused-ring (bicyclic) bond motifs is 2. The van der Waals surface area contributed by atoms with Crippen LogP contribution in [0.3, 0.4) is 0 Å². The quantitative estimate of drug-likeness (QED) is 0.366. The average molecular weight is 413 g/mol. The fourth-order valence-corrected chi connectivity index (χ4v) is 4.11. The largest absolute Gasteiger partial charge is 0.464 e. The number of carbonyl (C=O) groups is 2. The summed E-state index contributed by atoms with van der Waals surface area (Å²) in [6, 6.07) is 15.6. The molecule has 5 rings (SSSR count). The summed E-state index contributed by atoms with van der Waals surface area (Å²) in [5, 5.41) is 1.84. The minimum atomic E-state index is -0.573. The van der Waals surface area contributed by atoms with Crippen LogP contribution in [0, 0.1) is 0 Å². The number of para-hydroxylation sites is 2. The van der Waals surface area contributed by atoms with E-state index in [9.17, 15) is 9.59 Å². The summed E-state index contributed by atoms with van der Waals surface area (Å²) in [5.74, 6) is -1.15. The standard InChI is InChI=1S/C24H19N3O4/c1-30-23(28)21-19(15-11-25-17-9-5-3-7-13(15)17)20(22(27-21)24(29)31-2)16-12-26-18-10-6-4-8-14(16)18/h3-12,25-27H,1-2H3. The zero-order valence-corrected chi connectivity index (χ0v) is 16.9. The third-order valence-electron chi connectivity index (χ3n) is 5.50. The third kappa shape index (κ3) is 2.82. The number of benzene rings is 2. The van der Waals surface area contributed by atoms with Gasteiger partial charge in [0.2, 0.25) is 0 Å². The Kier molecular flexibility index (Phi) is 4.36. The smallest absolute Gasteiger partial charge is 0.355 e. The molecule has 0 bridgehead atoms. The number of esters is 2. The molecule has 0 unspecified atom stereocenters. The number of carbonyl (C=O) groups excluding carboxylic acids is 2. The summed E-state index contributed by atoms with van der Waals surface area (Å²) >= 11 is 0. The van der Waals surface area contributed by atoms with Gasteiger partial charge in [-0.15, -0.1) is 0 Å². The van der Waals surface area contributed by atoms with Gasteiger partial charge in [0, 0.05) is 56.5 Å². The van der Waals surface area contributed by atoms with Crippen LogP contribution in [0.2, 0.25) is 0 Å². The fraction of sp³-hybridized carbons (Fsp3) is 0.0833. The van der Waals surface area contributed by atoms with Crippen LogP contribution < -0.4 is 0 Å². The molecule has 3 N–H and O–H groups in total. The van der Waals surface area contributed by atoms with E-state index in [1.807, 2.05) is 60.9 Å². The maximum Gasteiger partial charge on any atom is 0.355 e. The van der Waals surface area contributed by atoms with Crippen molar-refractivity contribution in [1.29, 1.82) is 0 Å². The molecule has 3 aromatic heterocycles. The molecule has 0 saturated carbocycles. The van der Waals surface area contributed by atoms with Gasteiger partial charge in [0.25, 0.3) is 0 Å². The molecular formula is C24H19N3O4. The lowest BCUT2D eigenvalue weighted by Crippen LogP contribution is -2.06. The van der Waals surface area contributed by atoms with E-state index in [-0.39, 0.29) is 11.4 Å². The highest BCUT2D eigenvalue weighted by molar-refractivity contribution is 6.15. The molecule has 0 saturated heterocycles. The van der Waals surface area contributed by atoms with Gasteiger partial charge in [0.15, 0.2) is 0 Å². The van der Waals surface area contributed by atoms with E-state index in [0.717, 1.165) is 32.9 Å². The van der Waals surface area contributed by atoms with Gasteiger partial charge in [-0.2, -0.15) is 0 Å². The van der Waals surface area contributed by atoms with Crippen LogP contribution in [0.25, 0.3) is 44.1 Å². The second kappa shape index (κ2) is 7.21. The van der Waals surface area contributed by atoms with E-state index in [4.69, 9.17) is 9.47 Å². The van der Waals surface area contributed by atoms with Crippen LogP contribution in [0.1, 0.15) is 21.0 Å². The molecular weight excluding hydrogens is 394 g/mol. The Morgan fingerprint density at radius 3 is 1.52 bits per heavy atom. The highest BCUT2D eigenvalue weighted by atomic mass is 16.5. The number of nitrogens with one attached hydrogen (secondary N) is 3. The molecule has 0 aliphatic rings. The number of aromatic amines is 3. The fourth-order valence-electron chi connectivity index (χ4n) is 4.11. The molecule has 7 heteroatoms. The van der Waals surface area contributed by atoms with E-state index >= 15 is 0 Å².